The van der Waals surface area contributed by atoms with Crippen molar-refractivity contribution in [3.8, 4) is 0 Å². The average Bonchev–Trinajstić information content (AvgIpc) is 2.43. The molecule has 0 aliphatic rings. The van der Waals surface area contributed by atoms with E-state index in [0.717, 1.165) is 0 Å². The van der Waals surface area contributed by atoms with Gasteiger partial charge < -0.3 is 4.74 Å². The van der Waals surface area contributed by atoms with E-state index >= 15 is 0 Å². The van der Waals surface area contributed by atoms with Crippen LogP contribution in [0, 0.1) is 0 Å². The minimum absolute atomic E-state index is 0.161. The van der Waals surface area contributed by atoms with Gasteiger partial charge in [0.2, 0.25) is 0 Å². The first-order valence-electron chi connectivity index (χ1n) is 6.40. The minimum atomic E-state index is -0.327. The van der Waals surface area contributed by atoms with Crippen molar-refractivity contribution in [3.63, 3.8) is 0 Å². The van der Waals surface area contributed by atoms with Gasteiger partial charge in [-0.1, -0.05) is 56.0 Å². The first-order chi connectivity index (χ1) is 9.09. The number of carbonyl (C=O) groups is 1. The molecule has 0 aliphatic heterocycles. The predicted molar refractivity (Wildman–Crippen MR) is 78.1 cm³/mol. The Hall–Kier alpha value is -2.09. The van der Waals surface area contributed by atoms with Gasteiger partial charge in [0.1, 0.15) is 0 Å². The predicted octanol–water partition coefficient (Wildman–Crippen LogP) is 4.06. The first-order valence-corrected chi connectivity index (χ1v) is 6.40. The van der Waals surface area contributed by atoms with Gasteiger partial charge in [0.15, 0.2) is 0 Å². The summed E-state index contributed by atoms with van der Waals surface area (Å²) in [6.07, 6.45) is 0. The van der Waals surface area contributed by atoms with Crippen LogP contribution in [0.3, 0.4) is 0 Å². The van der Waals surface area contributed by atoms with Crippen molar-refractivity contribution in [1.82, 2.24) is 0 Å². The average molecular weight is 254 g/mol. The summed E-state index contributed by atoms with van der Waals surface area (Å²) in [6.45, 7) is 7.68. The Bertz CT molecular complexity index is 608. The number of carbonyl (C=O) groups excluding carboxylic acids is 1. The largest absolute Gasteiger partial charge is 0.462 e. The van der Waals surface area contributed by atoms with Crippen molar-refractivity contribution in [1.29, 1.82) is 0 Å². The Morgan fingerprint density at radius 2 is 1.89 bits per heavy atom. The summed E-state index contributed by atoms with van der Waals surface area (Å²) in [6, 6.07) is 14.4. The Kier molecular flexibility index (Phi) is 4.00. The van der Waals surface area contributed by atoms with Gasteiger partial charge in [0.25, 0.3) is 0 Å². The maximum atomic E-state index is 11.4. The molecule has 0 radical (unpaired) electrons. The summed E-state index contributed by atoms with van der Waals surface area (Å²) < 4.78 is 5.23. The fraction of sp³-hybridized carbons (Fsp3) is 0.235. The third-order valence-corrected chi connectivity index (χ3v) is 3.17. The number of hydrogen-bond acceptors (Lipinski definition) is 2. The van der Waals surface area contributed by atoms with E-state index in [1.165, 1.54) is 16.3 Å². The van der Waals surface area contributed by atoms with E-state index in [2.05, 4.69) is 37.8 Å². The van der Waals surface area contributed by atoms with Crippen molar-refractivity contribution < 1.29 is 9.53 Å². The molecule has 2 heteroatoms. The van der Waals surface area contributed by atoms with Crippen LogP contribution >= 0.6 is 0 Å². The number of ether oxygens (including phenoxy) is 1. The molecule has 98 valence electrons. The van der Waals surface area contributed by atoms with Gasteiger partial charge in [0.05, 0.1) is 6.61 Å². The van der Waals surface area contributed by atoms with Gasteiger partial charge in [-0.05, 0) is 23.3 Å². The molecule has 2 rings (SSSR count). The van der Waals surface area contributed by atoms with Crippen LogP contribution in [0.25, 0.3) is 10.8 Å². The molecule has 0 fully saturated rings. The summed E-state index contributed by atoms with van der Waals surface area (Å²) in [7, 11) is 0. The van der Waals surface area contributed by atoms with Gasteiger partial charge in [-0.15, -0.1) is 0 Å². The highest BCUT2D eigenvalue weighted by Crippen LogP contribution is 2.25. The van der Waals surface area contributed by atoms with Gasteiger partial charge in [0, 0.05) is 11.5 Å². The highest BCUT2D eigenvalue weighted by atomic mass is 16.5. The Labute approximate surface area is 113 Å². The van der Waals surface area contributed by atoms with Gasteiger partial charge in [-0.2, -0.15) is 0 Å². The number of rotatable bonds is 4. The smallest absolute Gasteiger partial charge is 0.333 e. The van der Waals surface area contributed by atoms with Gasteiger partial charge in [-0.25, -0.2) is 4.79 Å². The highest BCUT2D eigenvalue weighted by molar-refractivity contribution is 5.87. The monoisotopic (exact) mass is 254 g/mol. The lowest BCUT2D eigenvalue weighted by Gasteiger charge is -2.15. The molecule has 19 heavy (non-hydrogen) atoms. The molecule has 1 atom stereocenters. The summed E-state index contributed by atoms with van der Waals surface area (Å²) in [5.74, 6) is -0.165. The van der Waals surface area contributed by atoms with E-state index in [1.54, 1.807) is 6.92 Å². The molecule has 0 N–H and O–H groups in total. The van der Waals surface area contributed by atoms with Crippen LogP contribution in [0.1, 0.15) is 25.3 Å². The van der Waals surface area contributed by atoms with Crippen LogP contribution in [0.5, 0.6) is 0 Å². The molecular formula is C17H18O2. The molecule has 2 aromatic carbocycles. The maximum Gasteiger partial charge on any atom is 0.333 e. The molecule has 0 amide bonds. The molecule has 2 nitrogen and oxygen atoms in total. The third kappa shape index (κ3) is 3.02. The van der Waals surface area contributed by atoms with E-state index in [9.17, 15) is 4.79 Å². The van der Waals surface area contributed by atoms with Gasteiger partial charge in [-0.3, -0.25) is 0 Å². The summed E-state index contributed by atoms with van der Waals surface area (Å²) in [4.78, 5) is 11.4. The molecule has 0 heterocycles. The normalized spacial score (nSPS) is 12.1. The van der Waals surface area contributed by atoms with Crippen molar-refractivity contribution in [3.05, 3.63) is 60.2 Å². The summed E-state index contributed by atoms with van der Waals surface area (Å²) in [5, 5.41) is 2.42. The van der Waals surface area contributed by atoms with Crippen LogP contribution < -0.4 is 0 Å². The molecule has 1 unspecified atom stereocenters. The van der Waals surface area contributed by atoms with E-state index in [4.69, 9.17) is 4.74 Å². The second-order valence-corrected chi connectivity index (χ2v) is 4.85. The van der Waals surface area contributed by atoms with Crippen LogP contribution in [0.2, 0.25) is 0 Å². The number of esters is 1. The minimum Gasteiger partial charge on any atom is -0.462 e. The first kappa shape index (κ1) is 13.3. The lowest BCUT2D eigenvalue weighted by Crippen LogP contribution is -2.11. The van der Waals surface area contributed by atoms with E-state index in [0.29, 0.717) is 12.2 Å². The molecule has 0 aromatic heterocycles. The van der Waals surface area contributed by atoms with Crippen molar-refractivity contribution >= 4 is 16.7 Å². The van der Waals surface area contributed by atoms with Crippen molar-refractivity contribution in [2.45, 2.75) is 19.8 Å². The second kappa shape index (κ2) is 5.70. The van der Waals surface area contributed by atoms with Crippen LogP contribution in [-0.4, -0.2) is 12.6 Å². The zero-order valence-electron chi connectivity index (χ0n) is 11.3. The SMILES string of the molecule is C=C(C)C(=O)OCC(C)c1cccc2ccccc12. The highest BCUT2D eigenvalue weighted by Gasteiger charge is 2.12. The Morgan fingerprint density at radius 1 is 1.21 bits per heavy atom. The quantitative estimate of drug-likeness (QED) is 0.607. The third-order valence-electron chi connectivity index (χ3n) is 3.17. The molecule has 2 aromatic rings. The lowest BCUT2D eigenvalue weighted by molar-refractivity contribution is -0.139. The zero-order valence-corrected chi connectivity index (χ0v) is 11.3. The van der Waals surface area contributed by atoms with Crippen LogP contribution in [0.15, 0.2) is 54.6 Å². The molecule has 0 saturated heterocycles. The number of hydrogen-bond donors (Lipinski definition) is 0. The topological polar surface area (TPSA) is 26.3 Å². The fourth-order valence-electron chi connectivity index (χ4n) is 2.09. The summed E-state index contributed by atoms with van der Waals surface area (Å²) in [5.41, 5.74) is 1.64. The zero-order chi connectivity index (χ0) is 13.8. The van der Waals surface area contributed by atoms with Crippen LogP contribution in [0.4, 0.5) is 0 Å². The molecule has 0 spiro atoms. The Balaban J connectivity index is 2.20. The second-order valence-electron chi connectivity index (χ2n) is 4.85. The van der Waals surface area contributed by atoms with Crippen molar-refractivity contribution in [2.75, 3.05) is 6.61 Å². The fourth-order valence-corrected chi connectivity index (χ4v) is 2.09. The molecular weight excluding hydrogens is 236 g/mol. The summed E-state index contributed by atoms with van der Waals surface area (Å²) >= 11 is 0. The molecule has 0 aliphatic carbocycles. The van der Waals surface area contributed by atoms with Gasteiger partial charge >= 0.3 is 5.97 Å². The molecule has 0 saturated carbocycles. The maximum absolute atomic E-state index is 11.4. The molecule has 0 bridgehead atoms. The van der Waals surface area contributed by atoms with E-state index in [1.807, 2.05) is 18.2 Å². The lowest BCUT2D eigenvalue weighted by atomic mass is 9.95. The number of fused-ring (bicyclic) bond motifs is 1. The Morgan fingerprint density at radius 3 is 2.63 bits per heavy atom. The van der Waals surface area contributed by atoms with E-state index in [-0.39, 0.29) is 11.9 Å². The standard InChI is InChI=1S/C17H18O2/c1-12(2)17(18)19-11-13(3)15-10-6-8-14-7-4-5-9-16(14)15/h4-10,13H,1,11H2,2-3H3. The van der Waals surface area contributed by atoms with Crippen molar-refractivity contribution in [2.24, 2.45) is 0 Å². The number of benzene rings is 2. The van der Waals surface area contributed by atoms with Crippen LogP contribution in [-0.2, 0) is 9.53 Å². The van der Waals surface area contributed by atoms with E-state index < -0.39 is 0 Å².